The summed E-state index contributed by atoms with van der Waals surface area (Å²) in [6.45, 7) is 7.07. The number of fused-ring (bicyclic) bond motifs is 7. The van der Waals surface area contributed by atoms with E-state index in [1.165, 1.54) is 83.2 Å². The lowest BCUT2D eigenvalue weighted by Gasteiger charge is -2.24. The standard InChI is InChI=1S/C46H41NS/c1-30-12-6-4-9-15-35-26-32(20-25-45(35)48-30)34-19-24-44-40(28-34)39-27-33(31-13-7-5-8-14-31)18-23-43(39)47(44)36-21-22-38-37-16-10-11-17-41(37)46(2,3)42(38)29-36/h4-14,16-17,20-22,25-30H,15,18-19,23-24H2,1-3H3/b9-4-,12-6-. The molecule has 4 aromatic carbocycles. The Labute approximate surface area is 289 Å². The Morgan fingerprint density at radius 3 is 2.17 bits per heavy atom. The lowest BCUT2D eigenvalue weighted by Crippen LogP contribution is -2.16. The monoisotopic (exact) mass is 639 g/mol. The number of rotatable bonds is 3. The van der Waals surface area contributed by atoms with Gasteiger partial charge in [-0.2, -0.15) is 0 Å². The van der Waals surface area contributed by atoms with Crippen molar-refractivity contribution in [2.75, 3.05) is 0 Å². The number of aromatic nitrogens is 1. The molecule has 5 aromatic rings. The van der Waals surface area contributed by atoms with Gasteiger partial charge in [-0.3, -0.25) is 0 Å². The van der Waals surface area contributed by atoms with Gasteiger partial charge < -0.3 is 4.57 Å². The molecule has 3 aliphatic carbocycles. The van der Waals surface area contributed by atoms with Gasteiger partial charge in [-0.25, -0.2) is 0 Å². The molecule has 2 heterocycles. The molecule has 0 bridgehead atoms. The van der Waals surface area contributed by atoms with Crippen LogP contribution in [0.25, 0.3) is 40.1 Å². The van der Waals surface area contributed by atoms with E-state index in [2.05, 4.69) is 153 Å². The van der Waals surface area contributed by atoms with Gasteiger partial charge in [0.25, 0.3) is 0 Å². The molecule has 1 aliphatic heterocycles. The maximum atomic E-state index is 2.65. The van der Waals surface area contributed by atoms with Gasteiger partial charge >= 0.3 is 0 Å². The van der Waals surface area contributed by atoms with Crippen LogP contribution in [-0.2, 0) is 24.7 Å². The topological polar surface area (TPSA) is 4.93 Å². The van der Waals surface area contributed by atoms with Crippen molar-refractivity contribution in [1.82, 2.24) is 4.57 Å². The SMILES string of the molecule is CC1/C=C\C=C/Cc2cc(C3=Cc4c5c(n(-c6ccc7c(c6)C(C)(C)c6ccccc6-7)c4CC3)CCC(c3ccccc3)=C5)ccc2S1. The smallest absolute Gasteiger partial charge is 0.0459 e. The van der Waals surface area contributed by atoms with Crippen LogP contribution in [0.4, 0.5) is 0 Å². The molecule has 9 rings (SSSR count). The number of hydrogen-bond donors (Lipinski definition) is 0. The zero-order valence-electron chi connectivity index (χ0n) is 28.1. The zero-order chi connectivity index (χ0) is 32.4. The Bertz CT molecular complexity index is 2220. The van der Waals surface area contributed by atoms with Gasteiger partial charge in [-0.1, -0.05) is 111 Å². The quantitative estimate of drug-likeness (QED) is 0.190. The van der Waals surface area contributed by atoms with Crippen LogP contribution >= 0.6 is 11.8 Å². The molecule has 0 spiro atoms. The van der Waals surface area contributed by atoms with E-state index in [1.807, 2.05) is 11.8 Å². The molecule has 0 N–H and O–H groups in total. The molecule has 2 heteroatoms. The van der Waals surface area contributed by atoms with Gasteiger partial charge in [0.2, 0.25) is 0 Å². The summed E-state index contributed by atoms with van der Waals surface area (Å²) in [6.07, 6.45) is 19.2. The van der Waals surface area contributed by atoms with Crippen LogP contribution in [0.5, 0.6) is 0 Å². The highest BCUT2D eigenvalue weighted by atomic mass is 32.2. The fourth-order valence-corrected chi connectivity index (χ4v) is 9.58. The minimum atomic E-state index is -0.0205. The van der Waals surface area contributed by atoms with Crippen LogP contribution < -0.4 is 0 Å². The van der Waals surface area contributed by atoms with Crippen LogP contribution in [0.15, 0.2) is 120 Å². The molecular formula is C46H41NS. The van der Waals surface area contributed by atoms with Crippen molar-refractivity contribution in [3.8, 4) is 16.8 Å². The van der Waals surface area contributed by atoms with E-state index in [-0.39, 0.29) is 5.41 Å². The molecule has 0 saturated heterocycles. The molecule has 4 aliphatic rings. The average molecular weight is 640 g/mol. The van der Waals surface area contributed by atoms with Crippen molar-refractivity contribution >= 4 is 35.1 Å². The summed E-state index contributed by atoms with van der Waals surface area (Å²) in [4.78, 5) is 1.40. The summed E-state index contributed by atoms with van der Waals surface area (Å²) in [5, 5.41) is 0.463. The van der Waals surface area contributed by atoms with E-state index in [9.17, 15) is 0 Å². The van der Waals surface area contributed by atoms with Crippen LogP contribution in [0.3, 0.4) is 0 Å². The normalized spacial score (nSPS) is 20.0. The first-order valence-electron chi connectivity index (χ1n) is 17.6. The molecule has 0 saturated carbocycles. The second-order valence-electron chi connectivity index (χ2n) is 14.3. The van der Waals surface area contributed by atoms with Crippen molar-refractivity contribution in [2.45, 2.75) is 68.4 Å². The Hall–Kier alpha value is -4.53. The van der Waals surface area contributed by atoms with Crippen LogP contribution in [0, 0.1) is 0 Å². The zero-order valence-corrected chi connectivity index (χ0v) is 28.9. The summed E-state index contributed by atoms with van der Waals surface area (Å²) in [5.41, 5.74) is 19.7. The summed E-state index contributed by atoms with van der Waals surface area (Å²) >= 11 is 1.97. The summed E-state index contributed by atoms with van der Waals surface area (Å²) in [5.74, 6) is 0. The Balaban J connectivity index is 1.19. The third kappa shape index (κ3) is 4.84. The highest BCUT2D eigenvalue weighted by Crippen LogP contribution is 2.50. The maximum absolute atomic E-state index is 2.65. The molecule has 0 amide bonds. The molecule has 0 fully saturated rings. The van der Waals surface area contributed by atoms with E-state index >= 15 is 0 Å². The van der Waals surface area contributed by atoms with Gasteiger partial charge in [0, 0.05) is 43.8 Å². The third-order valence-electron chi connectivity index (χ3n) is 11.0. The van der Waals surface area contributed by atoms with E-state index in [4.69, 9.17) is 0 Å². The summed E-state index contributed by atoms with van der Waals surface area (Å²) in [7, 11) is 0. The largest absolute Gasteiger partial charge is 0.317 e. The molecule has 236 valence electrons. The summed E-state index contributed by atoms with van der Waals surface area (Å²) < 4.78 is 2.65. The first-order valence-corrected chi connectivity index (χ1v) is 18.4. The highest BCUT2D eigenvalue weighted by Gasteiger charge is 2.36. The Morgan fingerprint density at radius 2 is 1.38 bits per heavy atom. The predicted molar refractivity (Wildman–Crippen MR) is 206 cm³/mol. The molecule has 0 radical (unpaired) electrons. The van der Waals surface area contributed by atoms with Gasteiger partial charge in [0.05, 0.1) is 0 Å². The average Bonchev–Trinajstić information content (AvgIpc) is 3.59. The van der Waals surface area contributed by atoms with Gasteiger partial charge in [0.15, 0.2) is 0 Å². The van der Waals surface area contributed by atoms with Crippen molar-refractivity contribution < 1.29 is 0 Å². The van der Waals surface area contributed by atoms with Gasteiger partial charge in [-0.15, -0.1) is 11.8 Å². The fraction of sp³-hybridized carbons (Fsp3) is 0.217. The van der Waals surface area contributed by atoms with Crippen LogP contribution in [0.2, 0.25) is 0 Å². The van der Waals surface area contributed by atoms with Crippen molar-refractivity contribution in [1.29, 1.82) is 0 Å². The first-order chi connectivity index (χ1) is 23.5. The molecule has 48 heavy (non-hydrogen) atoms. The van der Waals surface area contributed by atoms with Crippen LogP contribution in [-0.4, -0.2) is 9.82 Å². The molecule has 1 nitrogen and oxygen atoms in total. The minimum Gasteiger partial charge on any atom is -0.317 e. The van der Waals surface area contributed by atoms with Gasteiger partial charge in [-0.05, 0) is 119 Å². The maximum Gasteiger partial charge on any atom is 0.0459 e. The van der Waals surface area contributed by atoms with Crippen molar-refractivity contribution in [3.05, 3.63) is 166 Å². The lowest BCUT2D eigenvalue weighted by atomic mass is 9.82. The number of hydrogen-bond acceptors (Lipinski definition) is 1. The Kier molecular flexibility index (Phi) is 7.13. The van der Waals surface area contributed by atoms with Crippen LogP contribution in [0.1, 0.15) is 83.9 Å². The third-order valence-corrected chi connectivity index (χ3v) is 12.2. The van der Waals surface area contributed by atoms with E-state index in [0.717, 1.165) is 32.1 Å². The Morgan fingerprint density at radius 1 is 0.667 bits per heavy atom. The highest BCUT2D eigenvalue weighted by molar-refractivity contribution is 8.00. The predicted octanol–water partition coefficient (Wildman–Crippen LogP) is 11.9. The molecular weight excluding hydrogens is 599 g/mol. The first kappa shape index (κ1) is 29.6. The van der Waals surface area contributed by atoms with Crippen molar-refractivity contribution in [2.24, 2.45) is 0 Å². The van der Waals surface area contributed by atoms with E-state index in [1.54, 1.807) is 0 Å². The molecule has 1 unspecified atom stereocenters. The minimum absolute atomic E-state index is 0.0205. The number of thioether (sulfide) groups is 1. The van der Waals surface area contributed by atoms with Crippen molar-refractivity contribution in [3.63, 3.8) is 0 Å². The molecule has 1 atom stereocenters. The number of benzene rings is 4. The second kappa shape index (κ2) is 11.6. The molecule has 1 aromatic heterocycles. The lowest BCUT2D eigenvalue weighted by molar-refractivity contribution is 0.659. The van der Waals surface area contributed by atoms with Gasteiger partial charge in [0.1, 0.15) is 0 Å². The number of allylic oxidation sites excluding steroid dienone is 5. The number of nitrogens with zero attached hydrogens (tertiary/aromatic N) is 1. The summed E-state index contributed by atoms with van der Waals surface area (Å²) in [6, 6.07) is 34.4. The van der Waals surface area contributed by atoms with E-state index in [0.29, 0.717) is 5.25 Å². The second-order valence-corrected chi connectivity index (χ2v) is 15.7. The fourth-order valence-electron chi connectivity index (χ4n) is 8.57. The van der Waals surface area contributed by atoms with E-state index < -0.39 is 0 Å².